The van der Waals surface area contributed by atoms with Crippen LogP contribution in [-0.2, 0) is 4.79 Å². The molecule has 0 heterocycles. The second-order valence-corrected chi connectivity index (χ2v) is 6.97. The van der Waals surface area contributed by atoms with Gasteiger partial charge in [0.2, 0.25) is 0 Å². The van der Waals surface area contributed by atoms with Gasteiger partial charge in [-0.25, -0.2) is 0 Å². The van der Waals surface area contributed by atoms with Crippen molar-refractivity contribution in [3.8, 4) is 11.5 Å². The maximum atomic E-state index is 12.6. The third-order valence-electron chi connectivity index (χ3n) is 4.51. The molecule has 0 spiro atoms. The quantitative estimate of drug-likeness (QED) is 0.619. The Morgan fingerprint density at radius 1 is 1.14 bits per heavy atom. The van der Waals surface area contributed by atoms with Crippen molar-refractivity contribution in [1.82, 2.24) is 4.90 Å². The van der Waals surface area contributed by atoms with Crippen LogP contribution in [0.3, 0.4) is 0 Å². The standard InChI is InChI=1S/C22H29ClN2O3/c1-5-25(6-2)13-14-27-21-10-8-7-9-19(21)24-22(26)17(4)28-20-12-11-18(23)15-16(20)3/h7-12,15,17H,5-6,13-14H2,1-4H3,(H,24,26). The smallest absolute Gasteiger partial charge is 0.265 e. The highest BCUT2D eigenvalue weighted by atomic mass is 35.5. The number of rotatable bonds is 10. The van der Waals surface area contributed by atoms with Crippen LogP contribution in [0.2, 0.25) is 5.02 Å². The lowest BCUT2D eigenvalue weighted by Crippen LogP contribution is -2.31. The van der Waals surface area contributed by atoms with Gasteiger partial charge in [0.1, 0.15) is 18.1 Å². The molecule has 0 aliphatic heterocycles. The van der Waals surface area contributed by atoms with Crippen LogP contribution in [0.15, 0.2) is 42.5 Å². The Morgan fingerprint density at radius 2 is 1.86 bits per heavy atom. The molecule has 0 aliphatic rings. The predicted octanol–water partition coefficient (Wildman–Crippen LogP) is 4.78. The summed E-state index contributed by atoms with van der Waals surface area (Å²) < 4.78 is 11.7. The summed E-state index contributed by atoms with van der Waals surface area (Å²) >= 11 is 5.97. The number of carbonyl (C=O) groups excluding carboxylic acids is 1. The molecule has 2 rings (SSSR count). The van der Waals surface area contributed by atoms with E-state index in [0.717, 1.165) is 25.2 Å². The van der Waals surface area contributed by atoms with E-state index >= 15 is 0 Å². The van der Waals surface area contributed by atoms with Gasteiger partial charge in [-0.2, -0.15) is 0 Å². The molecule has 0 saturated carbocycles. The highest BCUT2D eigenvalue weighted by molar-refractivity contribution is 6.30. The number of benzene rings is 2. The zero-order chi connectivity index (χ0) is 20.5. The SMILES string of the molecule is CCN(CC)CCOc1ccccc1NC(=O)C(C)Oc1ccc(Cl)cc1C. The van der Waals surface area contributed by atoms with E-state index in [9.17, 15) is 4.79 Å². The van der Waals surface area contributed by atoms with Crippen LogP contribution >= 0.6 is 11.6 Å². The summed E-state index contributed by atoms with van der Waals surface area (Å²) in [4.78, 5) is 14.9. The van der Waals surface area contributed by atoms with E-state index in [4.69, 9.17) is 21.1 Å². The van der Waals surface area contributed by atoms with Crippen LogP contribution in [0.5, 0.6) is 11.5 Å². The normalized spacial score (nSPS) is 11.9. The number of anilines is 1. The first kappa shape index (κ1) is 22.1. The van der Waals surface area contributed by atoms with Crippen LogP contribution in [0.1, 0.15) is 26.3 Å². The summed E-state index contributed by atoms with van der Waals surface area (Å²) in [6, 6.07) is 12.7. The Kier molecular flexibility index (Phi) is 8.61. The molecule has 5 nitrogen and oxygen atoms in total. The van der Waals surface area contributed by atoms with Gasteiger partial charge in [-0.3, -0.25) is 4.79 Å². The van der Waals surface area contributed by atoms with E-state index in [1.54, 1.807) is 25.1 Å². The van der Waals surface area contributed by atoms with Crippen molar-refractivity contribution in [1.29, 1.82) is 0 Å². The zero-order valence-electron chi connectivity index (χ0n) is 17.0. The van der Waals surface area contributed by atoms with E-state index in [-0.39, 0.29) is 5.91 Å². The Hall–Kier alpha value is -2.24. The topological polar surface area (TPSA) is 50.8 Å². The molecule has 2 aromatic rings. The van der Waals surface area contributed by atoms with Gasteiger partial charge in [-0.15, -0.1) is 0 Å². The third-order valence-corrected chi connectivity index (χ3v) is 4.75. The lowest BCUT2D eigenvalue weighted by atomic mass is 10.2. The molecule has 1 atom stereocenters. The van der Waals surface area contributed by atoms with Gasteiger partial charge >= 0.3 is 0 Å². The molecule has 2 aromatic carbocycles. The number of aryl methyl sites for hydroxylation is 1. The zero-order valence-corrected chi connectivity index (χ0v) is 17.8. The van der Waals surface area contributed by atoms with Crippen molar-refractivity contribution in [2.24, 2.45) is 0 Å². The van der Waals surface area contributed by atoms with Crippen LogP contribution < -0.4 is 14.8 Å². The Morgan fingerprint density at radius 3 is 2.54 bits per heavy atom. The van der Waals surface area contributed by atoms with E-state index in [1.807, 2.05) is 31.2 Å². The molecule has 1 unspecified atom stereocenters. The number of hydrogen-bond acceptors (Lipinski definition) is 4. The molecular formula is C22H29ClN2O3. The van der Waals surface area contributed by atoms with Gasteiger partial charge in [0.05, 0.1) is 5.69 Å². The number of likely N-dealkylation sites (N-methyl/N-ethyl adjacent to an activating group) is 1. The number of nitrogens with zero attached hydrogens (tertiary/aromatic N) is 1. The molecule has 0 bridgehead atoms. The molecule has 0 saturated heterocycles. The number of carbonyl (C=O) groups is 1. The Bertz CT molecular complexity index is 778. The van der Waals surface area contributed by atoms with E-state index in [1.165, 1.54) is 0 Å². The van der Waals surface area contributed by atoms with Crippen LogP contribution in [0.4, 0.5) is 5.69 Å². The summed E-state index contributed by atoms with van der Waals surface area (Å²) in [7, 11) is 0. The molecule has 0 aliphatic carbocycles. The molecule has 0 aromatic heterocycles. The largest absolute Gasteiger partial charge is 0.490 e. The molecule has 152 valence electrons. The van der Waals surface area contributed by atoms with Gasteiger partial charge < -0.3 is 19.7 Å². The minimum Gasteiger partial charge on any atom is -0.490 e. The van der Waals surface area contributed by atoms with E-state index < -0.39 is 6.10 Å². The number of amides is 1. The maximum absolute atomic E-state index is 12.6. The van der Waals surface area contributed by atoms with Gasteiger partial charge in [0.25, 0.3) is 5.91 Å². The van der Waals surface area contributed by atoms with E-state index in [2.05, 4.69) is 24.1 Å². The van der Waals surface area contributed by atoms with Gasteiger partial charge in [-0.1, -0.05) is 37.6 Å². The van der Waals surface area contributed by atoms with Crippen molar-refractivity contribution >= 4 is 23.2 Å². The minimum atomic E-state index is -0.663. The van der Waals surface area contributed by atoms with Crippen molar-refractivity contribution < 1.29 is 14.3 Å². The van der Waals surface area contributed by atoms with Crippen molar-refractivity contribution in [2.75, 3.05) is 31.6 Å². The fraction of sp³-hybridized carbons (Fsp3) is 0.409. The second kappa shape index (κ2) is 10.9. The molecule has 0 radical (unpaired) electrons. The number of hydrogen-bond donors (Lipinski definition) is 1. The molecular weight excluding hydrogens is 376 g/mol. The lowest BCUT2D eigenvalue weighted by Gasteiger charge is -2.20. The van der Waals surface area contributed by atoms with Crippen molar-refractivity contribution in [2.45, 2.75) is 33.8 Å². The van der Waals surface area contributed by atoms with Crippen molar-refractivity contribution in [3.05, 3.63) is 53.1 Å². The third kappa shape index (κ3) is 6.43. The molecule has 0 fully saturated rings. The van der Waals surface area contributed by atoms with Gasteiger partial charge in [0.15, 0.2) is 6.10 Å². The van der Waals surface area contributed by atoms with Crippen LogP contribution in [-0.4, -0.2) is 43.2 Å². The number of nitrogens with one attached hydrogen (secondary N) is 1. The summed E-state index contributed by atoms with van der Waals surface area (Å²) in [6.45, 7) is 11.2. The average Bonchev–Trinajstić information content (AvgIpc) is 2.68. The molecule has 1 N–H and O–H groups in total. The van der Waals surface area contributed by atoms with Gasteiger partial charge in [-0.05, 0) is 62.8 Å². The number of ether oxygens (including phenoxy) is 2. The Labute approximate surface area is 172 Å². The first-order valence-corrected chi connectivity index (χ1v) is 10.00. The van der Waals surface area contributed by atoms with Crippen LogP contribution in [0.25, 0.3) is 0 Å². The fourth-order valence-electron chi connectivity index (χ4n) is 2.74. The maximum Gasteiger partial charge on any atom is 0.265 e. The second-order valence-electron chi connectivity index (χ2n) is 6.53. The highest BCUT2D eigenvalue weighted by Gasteiger charge is 2.17. The highest BCUT2D eigenvalue weighted by Crippen LogP contribution is 2.25. The number of para-hydroxylation sites is 2. The molecule has 6 heteroatoms. The lowest BCUT2D eigenvalue weighted by molar-refractivity contribution is -0.122. The van der Waals surface area contributed by atoms with Crippen molar-refractivity contribution in [3.63, 3.8) is 0 Å². The average molecular weight is 405 g/mol. The minimum absolute atomic E-state index is 0.242. The fourth-order valence-corrected chi connectivity index (χ4v) is 2.97. The summed E-state index contributed by atoms with van der Waals surface area (Å²) in [5.41, 5.74) is 1.52. The first-order valence-electron chi connectivity index (χ1n) is 9.62. The summed E-state index contributed by atoms with van der Waals surface area (Å²) in [6.07, 6.45) is -0.663. The monoisotopic (exact) mass is 404 g/mol. The summed E-state index contributed by atoms with van der Waals surface area (Å²) in [5, 5.41) is 3.54. The van der Waals surface area contributed by atoms with Crippen LogP contribution in [0, 0.1) is 6.92 Å². The molecule has 28 heavy (non-hydrogen) atoms. The molecule has 1 amide bonds. The van der Waals surface area contributed by atoms with E-state index in [0.29, 0.717) is 28.8 Å². The first-order chi connectivity index (χ1) is 13.4. The number of halogens is 1. The van der Waals surface area contributed by atoms with Gasteiger partial charge in [0, 0.05) is 11.6 Å². The predicted molar refractivity (Wildman–Crippen MR) is 115 cm³/mol. The Balaban J connectivity index is 1.97. The summed E-state index contributed by atoms with van der Waals surface area (Å²) in [5.74, 6) is 1.04.